The first-order chi connectivity index (χ1) is 8.14. The van der Waals surface area contributed by atoms with Gasteiger partial charge in [-0.2, -0.15) is 0 Å². The molecule has 1 heterocycles. The van der Waals surface area contributed by atoms with Gasteiger partial charge in [-0.15, -0.1) is 0 Å². The van der Waals surface area contributed by atoms with Crippen LogP contribution in [0.5, 0.6) is 0 Å². The largest absolute Gasteiger partial charge is 0.389 e. The summed E-state index contributed by atoms with van der Waals surface area (Å²) in [7, 11) is 0. The molecule has 1 amide bonds. The second kappa shape index (κ2) is 5.38. The summed E-state index contributed by atoms with van der Waals surface area (Å²) in [6.07, 6.45) is 8.66. The van der Waals surface area contributed by atoms with Crippen LogP contribution in [0, 0.1) is 0 Å². The van der Waals surface area contributed by atoms with Crippen LogP contribution in [0.4, 0.5) is 0 Å². The van der Waals surface area contributed by atoms with Gasteiger partial charge in [0.15, 0.2) is 0 Å². The molecule has 1 aliphatic heterocycles. The maximum absolute atomic E-state index is 12.3. The predicted octanol–water partition coefficient (Wildman–Crippen LogP) is 2.47. The molecule has 1 unspecified atom stereocenters. The van der Waals surface area contributed by atoms with Crippen molar-refractivity contribution in [3.63, 3.8) is 0 Å². The van der Waals surface area contributed by atoms with Crippen molar-refractivity contribution in [3.05, 3.63) is 0 Å². The molecular weight excluding hydrogens is 214 g/mol. The molecule has 0 aromatic carbocycles. The first-order valence-electron chi connectivity index (χ1n) is 7.16. The Labute approximate surface area is 104 Å². The van der Waals surface area contributed by atoms with Crippen LogP contribution in [0.2, 0.25) is 0 Å². The number of carbonyl (C=O) groups excluding carboxylic acids is 1. The van der Waals surface area contributed by atoms with Gasteiger partial charge in [-0.25, -0.2) is 0 Å². The summed E-state index contributed by atoms with van der Waals surface area (Å²) in [4.78, 5) is 14.3. The minimum atomic E-state index is -0.688. The number of hydrogen-bond donors (Lipinski definition) is 1. The van der Waals surface area contributed by atoms with Crippen LogP contribution >= 0.6 is 0 Å². The van der Waals surface area contributed by atoms with Gasteiger partial charge in [-0.1, -0.05) is 19.8 Å². The van der Waals surface area contributed by atoms with Gasteiger partial charge in [-0.3, -0.25) is 4.79 Å². The van der Waals surface area contributed by atoms with E-state index in [0.717, 1.165) is 51.5 Å². The number of carbonyl (C=O) groups is 1. The highest BCUT2D eigenvalue weighted by Crippen LogP contribution is 2.33. The number of rotatable bonds is 3. The third-order valence-electron chi connectivity index (χ3n) is 4.43. The molecule has 0 bridgehead atoms. The monoisotopic (exact) mass is 239 g/mol. The lowest BCUT2D eigenvalue weighted by atomic mass is 9.94. The van der Waals surface area contributed by atoms with Gasteiger partial charge in [0.2, 0.25) is 5.91 Å². The fraction of sp³-hybridized carbons (Fsp3) is 0.929. The number of nitrogens with zero attached hydrogens (tertiary/aromatic N) is 1. The van der Waals surface area contributed by atoms with Crippen molar-refractivity contribution in [1.82, 2.24) is 4.90 Å². The van der Waals surface area contributed by atoms with Crippen molar-refractivity contribution in [3.8, 4) is 0 Å². The molecule has 0 spiro atoms. The van der Waals surface area contributed by atoms with E-state index in [9.17, 15) is 9.90 Å². The molecule has 1 saturated carbocycles. The number of piperidine rings is 1. The zero-order valence-electron chi connectivity index (χ0n) is 11.0. The number of hydrogen-bond acceptors (Lipinski definition) is 2. The summed E-state index contributed by atoms with van der Waals surface area (Å²) in [5.41, 5.74) is -0.688. The van der Waals surface area contributed by atoms with Gasteiger partial charge in [-0.05, 0) is 38.5 Å². The lowest BCUT2D eigenvalue weighted by Crippen LogP contribution is -2.46. The van der Waals surface area contributed by atoms with Crippen molar-refractivity contribution in [1.29, 1.82) is 0 Å². The van der Waals surface area contributed by atoms with Gasteiger partial charge in [0.05, 0.1) is 12.0 Å². The SMILES string of the molecule is CCC1CCCCN1C(=O)CC1(O)CCCC1. The van der Waals surface area contributed by atoms with Crippen LogP contribution in [0.3, 0.4) is 0 Å². The fourth-order valence-electron chi connectivity index (χ4n) is 3.35. The van der Waals surface area contributed by atoms with Crippen molar-refractivity contribution in [2.45, 2.75) is 76.4 Å². The topological polar surface area (TPSA) is 40.5 Å². The third kappa shape index (κ3) is 3.01. The average molecular weight is 239 g/mol. The zero-order chi connectivity index (χ0) is 12.3. The number of aliphatic hydroxyl groups is 1. The maximum Gasteiger partial charge on any atom is 0.225 e. The van der Waals surface area contributed by atoms with E-state index in [0.29, 0.717) is 12.5 Å². The molecular formula is C14H25NO2. The Morgan fingerprint density at radius 3 is 2.65 bits per heavy atom. The quantitative estimate of drug-likeness (QED) is 0.822. The Morgan fingerprint density at radius 1 is 1.29 bits per heavy atom. The highest BCUT2D eigenvalue weighted by atomic mass is 16.3. The van der Waals surface area contributed by atoms with Gasteiger partial charge >= 0.3 is 0 Å². The minimum Gasteiger partial charge on any atom is -0.389 e. The van der Waals surface area contributed by atoms with Crippen LogP contribution in [0.25, 0.3) is 0 Å². The summed E-state index contributed by atoms with van der Waals surface area (Å²) in [6.45, 7) is 3.05. The van der Waals surface area contributed by atoms with E-state index < -0.39 is 5.60 Å². The van der Waals surface area contributed by atoms with E-state index in [1.807, 2.05) is 4.90 Å². The Morgan fingerprint density at radius 2 is 2.00 bits per heavy atom. The molecule has 2 fully saturated rings. The normalized spacial score (nSPS) is 28.4. The molecule has 2 aliphatic rings. The minimum absolute atomic E-state index is 0.181. The van der Waals surface area contributed by atoms with Gasteiger partial charge < -0.3 is 10.0 Å². The number of amides is 1. The van der Waals surface area contributed by atoms with E-state index in [-0.39, 0.29) is 5.91 Å². The van der Waals surface area contributed by atoms with Crippen molar-refractivity contribution < 1.29 is 9.90 Å². The Kier molecular flexibility index (Phi) is 4.08. The Bertz CT molecular complexity index is 271. The molecule has 3 heteroatoms. The molecule has 98 valence electrons. The molecule has 1 saturated heterocycles. The average Bonchev–Trinajstić information content (AvgIpc) is 2.75. The van der Waals surface area contributed by atoms with E-state index in [1.54, 1.807) is 0 Å². The van der Waals surface area contributed by atoms with E-state index in [1.165, 1.54) is 6.42 Å². The summed E-state index contributed by atoms with van der Waals surface area (Å²) in [5.74, 6) is 0.181. The molecule has 3 nitrogen and oxygen atoms in total. The summed E-state index contributed by atoms with van der Waals surface area (Å²) in [5, 5.41) is 10.3. The van der Waals surface area contributed by atoms with Crippen molar-refractivity contribution in [2.24, 2.45) is 0 Å². The molecule has 2 rings (SSSR count). The van der Waals surface area contributed by atoms with Gasteiger partial charge in [0.25, 0.3) is 0 Å². The highest BCUT2D eigenvalue weighted by molar-refractivity contribution is 5.77. The standard InChI is InChI=1S/C14H25NO2/c1-2-12-7-3-6-10-15(12)13(16)11-14(17)8-4-5-9-14/h12,17H,2-11H2,1H3. The lowest BCUT2D eigenvalue weighted by Gasteiger charge is -2.37. The molecule has 1 aliphatic carbocycles. The van der Waals surface area contributed by atoms with Crippen molar-refractivity contribution >= 4 is 5.91 Å². The summed E-state index contributed by atoms with van der Waals surface area (Å²) < 4.78 is 0. The zero-order valence-corrected chi connectivity index (χ0v) is 11.0. The molecule has 1 atom stereocenters. The van der Waals surface area contributed by atoms with E-state index in [4.69, 9.17) is 0 Å². The number of likely N-dealkylation sites (tertiary alicyclic amines) is 1. The first-order valence-corrected chi connectivity index (χ1v) is 7.16. The second-order valence-electron chi connectivity index (χ2n) is 5.75. The van der Waals surface area contributed by atoms with Gasteiger partial charge in [0.1, 0.15) is 0 Å². The highest BCUT2D eigenvalue weighted by Gasteiger charge is 2.36. The molecule has 1 N–H and O–H groups in total. The lowest BCUT2D eigenvalue weighted by molar-refractivity contribution is -0.140. The van der Waals surface area contributed by atoms with Crippen LogP contribution < -0.4 is 0 Å². The van der Waals surface area contributed by atoms with Crippen LogP contribution in [-0.4, -0.2) is 34.1 Å². The van der Waals surface area contributed by atoms with Crippen LogP contribution in [0.15, 0.2) is 0 Å². The fourth-order valence-corrected chi connectivity index (χ4v) is 3.35. The van der Waals surface area contributed by atoms with Crippen molar-refractivity contribution in [2.75, 3.05) is 6.54 Å². The Balaban J connectivity index is 1.93. The summed E-state index contributed by atoms with van der Waals surface area (Å²) >= 11 is 0. The Hall–Kier alpha value is -0.570. The first kappa shape index (κ1) is 12.9. The van der Waals surface area contributed by atoms with E-state index in [2.05, 4.69) is 6.92 Å². The molecule has 17 heavy (non-hydrogen) atoms. The third-order valence-corrected chi connectivity index (χ3v) is 4.43. The van der Waals surface area contributed by atoms with Crippen LogP contribution in [-0.2, 0) is 4.79 Å². The predicted molar refractivity (Wildman–Crippen MR) is 67.7 cm³/mol. The second-order valence-corrected chi connectivity index (χ2v) is 5.75. The molecule has 0 aromatic rings. The van der Waals surface area contributed by atoms with Gasteiger partial charge in [0, 0.05) is 12.6 Å². The molecule has 0 radical (unpaired) electrons. The summed E-state index contributed by atoms with van der Waals surface area (Å²) in [6, 6.07) is 0.418. The van der Waals surface area contributed by atoms with E-state index >= 15 is 0 Å². The van der Waals surface area contributed by atoms with Crippen LogP contribution in [0.1, 0.15) is 64.7 Å². The smallest absolute Gasteiger partial charge is 0.225 e. The maximum atomic E-state index is 12.3. The molecule has 0 aromatic heterocycles.